The number of carbonyl (C=O) groups excluding carboxylic acids is 1. The summed E-state index contributed by atoms with van der Waals surface area (Å²) in [6.45, 7) is 0.396. The van der Waals surface area contributed by atoms with Crippen molar-refractivity contribution in [2.24, 2.45) is 0 Å². The normalized spacial score (nSPS) is 19.9. The minimum atomic E-state index is -3.33. The van der Waals surface area contributed by atoms with Crippen LogP contribution in [0.1, 0.15) is 10.4 Å². The predicted molar refractivity (Wildman–Crippen MR) is 82.9 cm³/mol. The lowest BCUT2D eigenvalue weighted by Crippen LogP contribution is -2.49. The minimum Gasteiger partial charge on any atom is -0.399 e. The van der Waals surface area contributed by atoms with Crippen LogP contribution in [0.4, 0.5) is 5.69 Å². The summed E-state index contributed by atoms with van der Waals surface area (Å²) in [6, 6.07) is 4.55. The van der Waals surface area contributed by atoms with Gasteiger partial charge in [-0.3, -0.25) is 4.79 Å². The van der Waals surface area contributed by atoms with Crippen LogP contribution in [0.5, 0.6) is 0 Å². The Balaban J connectivity index is 2.35. The average molecular weight is 335 g/mol. The maximum Gasteiger partial charge on any atom is 0.255 e. The predicted octanol–water partition coefficient (Wildman–Crippen LogP) is 1.48. The highest BCUT2D eigenvalue weighted by Crippen LogP contribution is 2.24. The number of hydrogen-bond acceptors (Lipinski definition) is 5. The molecule has 1 heterocycles. The van der Waals surface area contributed by atoms with Crippen LogP contribution in [0, 0.1) is 0 Å². The number of sulfone groups is 1. The number of nitrogens with zero attached hydrogens (tertiary/aromatic N) is 1. The highest BCUT2D eigenvalue weighted by Gasteiger charge is 2.34. The molecule has 0 saturated carbocycles. The molecule has 8 heteroatoms. The van der Waals surface area contributed by atoms with Gasteiger partial charge in [-0.05, 0) is 18.2 Å². The maximum atomic E-state index is 12.5. The second-order valence-corrected chi connectivity index (χ2v) is 8.42. The van der Waals surface area contributed by atoms with E-state index in [1.807, 2.05) is 0 Å². The van der Waals surface area contributed by atoms with E-state index in [0.29, 0.717) is 34.3 Å². The third-order valence-electron chi connectivity index (χ3n) is 3.01. The summed E-state index contributed by atoms with van der Waals surface area (Å²) < 4.78 is 23.6. The molecule has 2 N–H and O–H groups in total. The highest BCUT2D eigenvalue weighted by atomic mass is 35.5. The Kier molecular flexibility index (Phi) is 4.51. The van der Waals surface area contributed by atoms with Gasteiger partial charge in [0.25, 0.3) is 5.91 Å². The summed E-state index contributed by atoms with van der Waals surface area (Å²) in [4.78, 5) is 13.9. The minimum absolute atomic E-state index is 0.315. The largest absolute Gasteiger partial charge is 0.399 e. The Morgan fingerprint density at radius 1 is 1.45 bits per heavy atom. The molecule has 1 amide bonds. The maximum absolute atomic E-state index is 12.5. The van der Waals surface area contributed by atoms with Crippen molar-refractivity contribution in [3.63, 3.8) is 0 Å². The van der Waals surface area contributed by atoms with Crippen LogP contribution in [0.3, 0.4) is 0 Å². The van der Waals surface area contributed by atoms with Gasteiger partial charge in [0, 0.05) is 40.6 Å². The zero-order valence-corrected chi connectivity index (χ0v) is 13.3. The average Bonchev–Trinajstić information content (AvgIpc) is 2.35. The van der Waals surface area contributed by atoms with Gasteiger partial charge in [-0.1, -0.05) is 11.6 Å². The second kappa shape index (κ2) is 5.83. The lowest BCUT2D eigenvalue weighted by Gasteiger charge is -2.34. The van der Waals surface area contributed by atoms with Crippen LogP contribution in [0.15, 0.2) is 18.2 Å². The molecule has 110 valence electrons. The highest BCUT2D eigenvalue weighted by molar-refractivity contribution is 8.00. The quantitative estimate of drug-likeness (QED) is 0.829. The van der Waals surface area contributed by atoms with Crippen LogP contribution in [0.25, 0.3) is 0 Å². The summed E-state index contributed by atoms with van der Waals surface area (Å²) >= 11 is 7.42. The Labute approximate surface area is 127 Å². The van der Waals surface area contributed by atoms with Crippen LogP contribution >= 0.6 is 23.4 Å². The van der Waals surface area contributed by atoms with Gasteiger partial charge in [0.15, 0.2) is 9.84 Å². The fourth-order valence-corrected chi connectivity index (χ4v) is 5.13. The molecule has 1 aromatic carbocycles. The van der Waals surface area contributed by atoms with Gasteiger partial charge in [0.1, 0.15) is 5.37 Å². The third kappa shape index (κ3) is 3.39. The van der Waals surface area contributed by atoms with Gasteiger partial charge in [-0.15, -0.1) is 0 Å². The van der Waals surface area contributed by atoms with E-state index in [2.05, 4.69) is 0 Å². The molecule has 0 aliphatic carbocycles. The Hall–Kier alpha value is -0.920. The zero-order chi connectivity index (χ0) is 14.9. The third-order valence-corrected chi connectivity index (χ3v) is 5.87. The molecular formula is C12H15ClN2O3S2. The van der Waals surface area contributed by atoms with Crippen LogP contribution in [-0.4, -0.2) is 48.9 Å². The molecule has 1 fully saturated rings. The number of hydrogen-bond donors (Lipinski definition) is 1. The number of nitrogens with two attached hydrogens (primary N) is 1. The van der Waals surface area contributed by atoms with Crippen molar-refractivity contribution < 1.29 is 13.2 Å². The molecule has 1 saturated heterocycles. The number of carbonyl (C=O) groups is 1. The standard InChI is InChI=1S/C12H15ClN2O3S2/c1-20(17,18)11-7-19-3-2-15(11)12(16)8-4-9(13)6-10(14)5-8/h4-6,11H,2-3,7,14H2,1H3. The molecule has 2 rings (SSSR count). The lowest BCUT2D eigenvalue weighted by molar-refractivity contribution is 0.0749. The molecule has 1 atom stereocenters. The molecule has 1 unspecified atom stereocenters. The second-order valence-electron chi connectivity index (χ2n) is 4.63. The summed E-state index contributed by atoms with van der Waals surface area (Å²) in [5, 5.41) is -0.440. The van der Waals surface area contributed by atoms with E-state index < -0.39 is 15.2 Å². The Morgan fingerprint density at radius 3 is 2.75 bits per heavy atom. The Morgan fingerprint density at radius 2 is 2.15 bits per heavy atom. The first-order valence-electron chi connectivity index (χ1n) is 5.92. The number of thioether (sulfide) groups is 1. The zero-order valence-electron chi connectivity index (χ0n) is 10.9. The van der Waals surface area contributed by atoms with Crippen molar-refractivity contribution >= 4 is 44.8 Å². The number of nitrogen functional groups attached to an aromatic ring is 1. The van der Waals surface area contributed by atoms with Gasteiger partial charge >= 0.3 is 0 Å². The van der Waals surface area contributed by atoms with E-state index in [9.17, 15) is 13.2 Å². The van der Waals surface area contributed by atoms with Crippen molar-refractivity contribution in [2.75, 3.05) is 30.0 Å². The molecule has 0 radical (unpaired) electrons. The van der Waals surface area contributed by atoms with E-state index in [4.69, 9.17) is 17.3 Å². The van der Waals surface area contributed by atoms with Crippen molar-refractivity contribution in [1.82, 2.24) is 4.90 Å². The monoisotopic (exact) mass is 334 g/mol. The molecule has 1 aromatic rings. The van der Waals surface area contributed by atoms with Crippen LogP contribution < -0.4 is 5.73 Å². The SMILES string of the molecule is CS(=O)(=O)C1CSCCN1C(=O)c1cc(N)cc(Cl)c1. The Bertz CT molecular complexity index is 613. The summed E-state index contributed by atoms with van der Waals surface area (Å²) in [7, 11) is -3.33. The molecule has 5 nitrogen and oxygen atoms in total. The van der Waals surface area contributed by atoms with Gasteiger partial charge in [-0.2, -0.15) is 11.8 Å². The van der Waals surface area contributed by atoms with E-state index in [-0.39, 0.29) is 5.91 Å². The molecule has 1 aliphatic heterocycles. The first-order chi connectivity index (χ1) is 9.29. The van der Waals surface area contributed by atoms with E-state index in [0.717, 1.165) is 6.26 Å². The first kappa shape index (κ1) is 15.5. The number of benzene rings is 1. The number of anilines is 1. The molecule has 0 bridgehead atoms. The molecule has 0 spiro atoms. The summed E-state index contributed by atoms with van der Waals surface area (Å²) in [5.74, 6) is 0.754. The van der Waals surface area contributed by atoms with Gasteiger partial charge < -0.3 is 10.6 Å². The number of rotatable bonds is 2. The summed E-state index contributed by atoms with van der Waals surface area (Å²) in [5.41, 5.74) is 6.36. The van der Waals surface area contributed by atoms with Crippen molar-refractivity contribution in [1.29, 1.82) is 0 Å². The first-order valence-corrected chi connectivity index (χ1v) is 9.41. The van der Waals surface area contributed by atoms with Gasteiger partial charge in [0.2, 0.25) is 0 Å². The fraction of sp³-hybridized carbons (Fsp3) is 0.417. The van der Waals surface area contributed by atoms with E-state index in [1.54, 1.807) is 6.07 Å². The lowest BCUT2D eigenvalue weighted by atomic mass is 10.1. The molecule has 20 heavy (non-hydrogen) atoms. The van der Waals surface area contributed by atoms with Crippen molar-refractivity contribution in [3.05, 3.63) is 28.8 Å². The van der Waals surface area contributed by atoms with Gasteiger partial charge in [-0.25, -0.2) is 8.42 Å². The topological polar surface area (TPSA) is 80.5 Å². The molecular weight excluding hydrogens is 320 g/mol. The summed E-state index contributed by atoms with van der Waals surface area (Å²) in [6.07, 6.45) is 1.15. The van der Waals surface area contributed by atoms with Crippen LogP contribution in [-0.2, 0) is 9.84 Å². The number of halogens is 1. The fourth-order valence-electron chi connectivity index (χ4n) is 2.07. The van der Waals surface area contributed by atoms with Crippen molar-refractivity contribution in [3.8, 4) is 0 Å². The molecule has 1 aliphatic rings. The number of amides is 1. The van der Waals surface area contributed by atoms with E-state index in [1.165, 1.54) is 28.8 Å². The van der Waals surface area contributed by atoms with Gasteiger partial charge in [0.05, 0.1) is 0 Å². The van der Waals surface area contributed by atoms with Crippen LogP contribution in [0.2, 0.25) is 5.02 Å². The smallest absolute Gasteiger partial charge is 0.255 e. The molecule has 0 aromatic heterocycles. The van der Waals surface area contributed by atoms with E-state index >= 15 is 0 Å². The van der Waals surface area contributed by atoms with Crippen molar-refractivity contribution in [2.45, 2.75) is 5.37 Å².